The van der Waals surface area contributed by atoms with Gasteiger partial charge in [0.15, 0.2) is 12.1 Å². The second kappa shape index (κ2) is 7.26. The first-order valence-electron chi connectivity index (χ1n) is 9.62. The van der Waals surface area contributed by atoms with E-state index in [1.165, 1.54) is 16.9 Å². The van der Waals surface area contributed by atoms with Gasteiger partial charge in [0, 0.05) is 5.75 Å². The Kier molecular flexibility index (Phi) is 4.95. The van der Waals surface area contributed by atoms with Crippen LogP contribution in [0, 0.1) is 4.91 Å². The van der Waals surface area contributed by atoms with Crippen molar-refractivity contribution >= 4 is 28.6 Å². The number of benzene rings is 1. The summed E-state index contributed by atoms with van der Waals surface area (Å²) >= 11 is 0. The van der Waals surface area contributed by atoms with Gasteiger partial charge in [-0.3, -0.25) is 13.8 Å². The van der Waals surface area contributed by atoms with E-state index < -0.39 is 57.7 Å². The van der Waals surface area contributed by atoms with Gasteiger partial charge in [0.2, 0.25) is 0 Å². The highest BCUT2D eigenvalue weighted by Gasteiger charge is 2.67. The molecule has 11 heteroatoms. The summed E-state index contributed by atoms with van der Waals surface area (Å²) in [6.45, 7) is 6.99. The molecule has 0 radical (unpaired) electrons. The van der Waals surface area contributed by atoms with E-state index in [4.69, 9.17) is 4.74 Å². The van der Waals surface area contributed by atoms with Crippen LogP contribution >= 0.6 is 0 Å². The van der Waals surface area contributed by atoms with Crippen molar-refractivity contribution in [1.29, 1.82) is 0 Å². The van der Waals surface area contributed by atoms with Crippen LogP contribution in [0.5, 0.6) is 0 Å². The van der Waals surface area contributed by atoms with E-state index in [1.54, 1.807) is 44.2 Å². The SMILES string of the molecule is C=C1CS(=O)[C@@H]2C(N3C(=O)C(c4ccccc4)N(N=O)C3(C)C)C(=O)N2C1C(=O)OC. The number of amides is 2. The molecule has 0 aromatic heterocycles. The van der Waals surface area contributed by atoms with Gasteiger partial charge in [-0.25, -0.2) is 9.80 Å². The van der Waals surface area contributed by atoms with E-state index in [2.05, 4.69) is 11.9 Å². The maximum absolute atomic E-state index is 13.5. The molecule has 3 heterocycles. The van der Waals surface area contributed by atoms with E-state index in [9.17, 15) is 23.5 Å². The Morgan fingerprint density at radius 3 is 2.45 bits per heavy atom. The quantitative estimate of drug-likeness (QED) is 0.289. The van der Waals surface area contributed by atoms with Gasteiger partial charge in [-0.15, -0.1) is 4.91 Å². The van der Waals surface area contributed by atoms with Crippen LogP contribution in [0.25, 0.3) is 0 Å². The molecule has 1 aromatic rings. The molecule has 4 unspecified atom stereocenters. The van der Waals surface area contributed by atoms with Crippen LogP contribution in [0.4, 0.5) is 0 Å². The molecule has 3 aliphatic rings. The Hall–Kier alpha value is -3.08. The van der Waals surface area contributed by atoms with Gasteiger partial charge in [0.1, 0.15) is 17.1 Å². The molecular weight excluding hydrogens is 424 g/mol. The molecule has 4 rings (SSSR count). The Balaban J connectivity index is 1.74. The van der Waals surface area contributed by atoms with E-state index >= 15 is 0 Å². The fraction of sp³-hybridized carbons (Fsp3) is 0.450. The molecule has 0 aliphatic carbocycles. The minimum Gasteiger partial charge on any atom is -0.467 e. The lowest BCUT2D eigenvalue weighted by molar-refractivity contribution is -0.173. The average Bonchev–Trinajstić information content (AvgIpc) is 2.93. The van der Waals surface area contributed by atoms with Crippen molar-refractivity contribution in [3.05, 3.63) is 53.0 Å². The lowest BCUT2D eigenvalue weighted by Gasteiger charge is -2.56. The second-order valence-corrected chi connectivity index (χ2v) is 9.67. The molecule has 164 valence electrons. The first kappa shape index (κ1) is 21.2. The molecule has 1 aromatic carbocycles. The molecule has 31 heavy (non-hydrogen) atoms. The van der Waals surface area contributed by atoms with Gasteiger partial charge in [-0.1, -0.05) is 36.9 Å². The van der Waals surface area contributed by atoms with Crippen LogP contribution in [-0.4, -0.2) is 72.8 Å². The number of fused-ring (bicyclic) bond motifs is 1. The van der Waals surface area contributed by atoms with Crippen LogP contribution in [0.15, 0.2) is 47.8 Å². The van der Waals surface area contributed by atoms with Crippen LogP contribution in [0.1, 0.15) is 25.5 Å². The van der Waals surface area contributed by atoms with Gasteiger partial charge in [0.05, 0.1) is 23.2 Å². The molecule has 0 saturated carbocycles. The number of nitroso groups, excluding NO2 is 1. The zero-order valence-corrected chi connectivity index (χ0v) is 18.1. The molecule has 3 saturated heterocycles. The molecule has 3 fully saturated rings. The molecule has 0 bridgehead atoms. The number of rotatable bonds is 4. The largest absolute Gasteiger partial charge is 0.467 e. The molecule has 5 atom stereocenters. The summed E-state index contributed by atoms with van der Waals surface area (Å²) in [5.41, 5.74) is -0.388. The summed E-state index contributed by atoms with van der Waals surface area (Å²) in [6.07, 6.45) is 0. The Labute approximate surface area is 181 Å². The summed E-state index contributed by atoms with van der Waals surface area (Å²) in [5.74, 6) is -1.71. The summed E-state index contributed by atoms with van der Waals surface area (Å²) in [7, 11) is -0.387. The van der Waals surface area contributed by atoms with E-state index in [0.717, 1.165) is 5.01 Å². The molecule has 10 nitrogen and oxygen atoms in total. The van der Waals surface area contributed by atoms with Crippen LogP contribution in [0.3, 0.4) is 0 Å². The van der Waals surface area contributed by atoms with Crippen LogP contribution < -0.4 is 0 Å². The Morgan fingerprint density at radius 1 is 1.23 bits per heavy atom. The maximum atomic E-state index is 13.5. The summed E-state index contributed by atoms with van der Waals surface area (Å²) in [5, 5.41) is 3.29. The van der Waals surface area contributed by atoms with Crippen LogP contribution in [-0.2, 0) is 29.9 Å². The van der Waals surface area contributed by atoms with Crippen molar-refractivity contribution in [3.8, 4) is 0 Å². The number of carbonyl (C=O) groups is 3. The predicted octanol–water partition coefficient (Wildman–Crippen LogP) is 0.686. The number of methoxy groups -OCH3 is 1. The average molecular weight is 446 g/mol. The highest BCUT2D eigenvalue weighted by Crippen LogP contribution is 2.47. The Morgan fingerprint density at radius 2 is 1.87 bits per heavy atom. The number of esters is 1. The predicted molar refractivity (Wildman–Crippen MR) is 110 cm³/mol. The fourth-order valence-corrected chi connectivity index (χ4v) is 6.36. The first-order valence-corrected chi connectivity index (χ1v) is 11.0. The van der Waals surface area contributed by atoms with Gasteiger partial charge >= 0.3 is 5.97 Å². The van der Waals surface area contributed by atoms with Crippen molar-refractivity contribution in [2.45, 2.75) is 43.0 Å². The fourth-order valence-electron chi connectivity index (χ4n) is 4.66. The van der Waals surface area contributed by atoms with Crippen molar-refractivity contribution in [1.82, 2.24) is 14.8 Å². The first-order chi connectivity index (χ1) is 14.7. The third-order valence-electron chi connectivity index (χ3n) is 6.09. The molecule has 2 amide bonds. The summed E-state index contributed by atoms with van der Waals surface area (Å²) in [4.78, 5) is 53.1. The van der Waals surface area contributed by atoms with Gasteiger partial charge in [-0.05, 0) is 25.0 Å². The summed E-state index contributed by atoms with van der Waals surface area (Å²) in [6, 6.07) is 5.49. The lowest BCUT2D eigenvalue weighted by Crippen LogP contribution is -2.79. The smallest absolute Gasteiger partial charge is 0.332 e. The topological polar surface area (TPSA) is 117 Å². The second-order valence-electron chi connectivity index (χ2n) is 8.13. The van der Waals surface area contributed by atoms with E-state index in [-0.39, 0.29) is 5.75 Å². The minimum absolute atomic E-state index is 0.00489. The highest BCUT2D eigenvalue weighted by atomic mass is 32.2. The number of ether oxygens (including phenoxy) is 1. The van der Waals surface area contributed by atoms with Gasteiger partial charge in [-0.2, -0.15) is 0 Å². The number of nitrogens with zero attached hydrogens (tertiary/aromatic N) is 4. The highest BCUT2D eigenvalue weighted by molar-refractivity contribution is 7.86. The van der Waals surface area contributed by atoms with Gasteiger partial charge < -0.3 is 14.5 Å². The molecular formula is C20H22N4O6S. The van der Waals surface area contributed by atoms with Crippen LogP contribution in [0.2, 0.25) is 0 Å². The third-order valence-corrected chi connectivity index (χ3v) is 7.76. The number of β-lactam (4-membered cyclic amide) rings is 1. The lowest BCUT2D eigenvalue weighted by atomic mass is 9.95. The zero-order valence-electron chi connectivity index (χ0n) is 17.3. The number of hydrogen-bond acceptors (Lipinski definition) is 7. The third kappa shape index (κ3) is 2.83. The van der Waals surface area contributed by atoms with E-state index in [1.807, 2.05) is 0 Å². The van der Waals surface area contributed by atoms with Crippen molar-refractivity contribution in [3.63, 3.8) is 0 Å². The summed E-state index contributed by atoms with van der Waals surface area (Å²) < 4.78 is 17.7. The van der Waals surface area contributed by atoms with E-state index in [0.29, 0.717) is 11.1 Å². The standard InChI is InChI=1S/C20H22N4O6S/c1-11-10-31(29)18-15(16(25)22(18)13(11)19(27)30-4)23-17(26)14(12-8-6-5-7-9-12)24(21-28)20(23,2)3/h5-9,13-15,18H,1,10H2,2-4H3/t13?,14?,15?,18-,31?/m1/s1. The van der Waals surface area contributed by atoms with Crippen molar-refractivity contribution < 1.29 is 23.3 Å². The Bertz CT molecular complexity index is 1010. The zero-order chi connectivity index (χ0) is 22.7. The monoisotopic (exact) mass is 446 g/mol. The number of carbonyl (C=O) groups excluding carboxylic acids is 3. The molecule has 0 spiro atoms. The van der Waals surface area contributed by atoms with Crippen molar-refractivity contribution in [2.75, 3.05) is 12.9 Å². The maximum Gasteiger partial charge on any atom is 0.332 e. The van der Waals surface area contributed by atoms with Crippen molar-refractivity contribution in [2.24, 2.45) is 5.29 Å². The van der Waals surface area contributed by atoms with Gasteiger partial charge in [0.25, 0.3) is 11.8 Å². The molecule has 3 aliphatic heterocycles. The minimum atomic E-state index is -1.58. The normalized spacial score (nSPS) is 31.9. The molecule has 0 N–H and O–H groups in total. The number of hydrogen-bond donors (Lipinski definition) is 0.